The highest BCUT2D eigenvalue weighted by Crippen LogP contribution is 2.47. The third kappa shape index (κ3) is 4.54. The van der Waals surface area contributed by atoms with Crippen LogP contribution in [0, 0.1) is 16.7 Å². The van der Waals surface area contributed by atoms with Crippen molar-refractivity contribution < 1.29 is 4.79 Å². The summed E-state index contributed by atoms with van der Waals surface area (Å²) in [4.78, 5) is 20.2. The Bertz CT molecular complexity index is 1510. The number of carbonyl (C=O) groups excluding carboxylic acids is 1. The molecule has 0 saturated heterocycles. The van der Waals surface area contributed by atoms with Crippen LogP contribution in [0.4, 0.5) is 0 Å². The van der Waals surface area contributed by atoms with Gasteiger partial charge in [0, 0.05) is 27.8 Å². The number of aromatic nitrogens is 1. The molecule has 0 bridgehead atoms. The van der Waals surface area contributed by atoms with Gasteiger partial charge in [-0.25, -0.2) is 0 Å². The smallest absolute Gasteiger partial charge is 0.184 e. The van der Waals surface area contributed by atoms with Gasteiger partial charge in [-0.3, -0.25) is 9.78 Å². The van der Waals surface area contributed by atoms with Crippen LogP contribution < -0.4 is 0 Å². The molecule has 0 spiro atoms. The van der Waals surface area contributed by atoms with E-state index < -0.39 is 11.3 Å². The lowest BCUT2D eigenvalue weighted by Crippen LogP contribution is -2.40. The molecule has 3 nitrogen and oxygen atoms in total. The van der Waals surface area contributed by atoms with Gasteiger partial charge >= 0.3 is 0 Å². The van der Waals surface area contributed by atoms with E-state index in [1.807, 2.05) is 109 Å². The predicted molar refractivity (Wildman–Crippen MR) is 146 cm³/mol. The molecule has 5 aromatic rings. The third-order valence-electron chi connectivity index (χ3n) is 6.45. The Balaban J connectivity index is 1.76. The second kappa shape index (κ2) is 10.6. The molecule has 0 aliphatic heterocycles. The number of pyridine rings is 1. The lowest BCUT2D eigenvalue weighted by atomic mass is 9.67. The zero-order valence-corrected chi connectivity index (χ0v) is 20.4. The van der Waals surface area contributed by atoms with Crippen LogP contribution in [0.5, 0.6) is 0 Å². The molecule has 4 aromatic carbocycles. The maximum Gasteiger partial charge on any atom is 0.184 e. The number of carbonyl (C=O) groups is 1. The Kier molecular flexibility index (Phi) is 6.93. The van der Waals surface area contributed by atoms with Crippen LogP contribution >= 0.6 is 11.8 Å². The number of benzene rings is 4. The summed E-state index contributed by atoms with van der Waals surface area (Å²) in [5.74, 6) is -0.484. The highest BCUT2D eigenvalue weighted by Gasteiger charge is 2.49. The van der Waals surface area contributed by atoms with Gasteiger partial charge in [0.15, 0.2) is 5.78 Å². The number of rotatable bonds is 8. The molecule has 1 heterocycles. The van der Waals surface area contributed by atoms with E-state index in [0.29, 0.717) is 5.56 Å². The molecule has 0 amide bonds. The average Bonchev–Trinajstić information content (AvgIpc) is 2.96. The Morgan fingerprint density at radius 2 is 1.42 bits per heavy atom. The number of hydrogen-bond acceptors (Lipinski definition) is 4. The van der Waals surface area contributed by atoms with E-state index in [-0.39, 0.29) is 11.5 Å². The number of ketones is 1. The fourth-order valence-electron chi connectivity index (χ4n) is 4.68. The van der Waals surface area contributed by atoms with Gasteiger partial charge in [-0.1, -0.05) is 103 Å². The fourth-order valence-corrected chi connectivity index (χ4v) is 5.79. The van der Waals surface area contributed by atoms with Crippen molar-refractivity contribution >= 4 is 28.3 Å². The van der Waals surface area contributed by atoms with E-state index in [0.717, 1.165) is 26.9 Å². The lowest BCUT2D eigenvalue weighted by Gasteiger charge is -2.34. The molecule has 1 aromatic heterocycles. The zero-order chi connectivity index (χ0) is 24.8. The number of hydrogen-bond donors (Lipinski definition) is 0. The Hall–Kier alpha value is -4.20. The SMILES string of the molecule is N#CC(CSc1ccccc1)(C(=O)c1ccccc1)C(c1ccccc1)c1nccc2ccccc12. The van der Waals surface area contributed by atoms with Gasteiger partial charge in [0.25, 0.3) is 0 Å². The van der Waals surface area contributed by atoms with E-state index in [1.165, 1.54) is 11.8 Å². The van der Waals surface area contributed by atoms with E-state index in [9.17, 15) is 10.1 Å². The highest BCUT2D eigenvalue weighted by molar-refractivity contribution is 7.99. The van der Waals surface area contributed by atoms with E-state index >= 15 is 0 Å². The molecular weight excluding hydrogens is 460 g/mol. The molecule has 36 heavy (non-hydrogen) atoms. The van der Waals surface area contributed by atoms with Crippen molar-refractivity contribution in [2.24, 2.45) is 5.41 Å². The second-order valence-corrected chi connectivity index (χ2v) is 9.69. The summed E-state index contributed by atoms with van der Waals surface area (Å²) in [6.07, 6.45) is 1.77. The van der Waals surface area contributed by atoms with Crippen LogP contribution in [-0.4, -0.2) is 16.5 Å². The van der Waals surface area contributed by atoms with Crippen molar-refractivity contribution in [3.8, 4) is 6.07 Å². The first-order valence-electron chi connectivity index (χ1n) is 11.8. The van der Waals surface area contributed by atoms with Crippen molar-refractivity contribution in [2.75, 3.05) is 5.75 Å². The van der Waals surface area contributed by atoms with Crippen molar-refractivity contribution in [1.82, 2.24) is 4.98 Å². The van der Waals surface area contributed by atoms with Crippen LogP contribution in [0.3, 0.4) is 0 Å². The van der Waals surface area contributed by atoms with Gasteiger partial charge in [-0.15, -0.1) is 11.8 Å². The van der Waals surface area contributed by atoms with E-state index in [4.69, 9.17) is 4.98 Å². The summed E-state index contributed by atoms with van der Waals surface area (Å²) in [5.41, 5.74) is 0.744. The minimum atomic E-state index is -1.40. The fraction of sp³-hybridized carbons (Fsp3) is 0.0938. The molecule has 0 N–H and O–H groups in total. The maximum atomic E-state index is 14.4. The first-order chi connectivity index (χ1) is 17.7. The maximum absolute atomic E-state index is 14.4. The van der Waals surface area contributed by atoms with Crippen LogP contribution in [0.2, 0.25) is 0 Å². The van der Waals surface area contributed by atoms with Crippen molar-refractivity contribution in [1.29, 1.82) is 5.26 Å². The summed E-state index contributed by atoms with van der Waals surface area (Å²) in [6, 6.07) is 41.4. The lowest BCUT2D eigenvalue weighted by molar-refractivity contribution is 0.0864. The molecule has 0 saturated carbocycles. The molecule has 2 atom stereocenters. The summed E-state index contributed by atoms with van der Waals surface area (Å²) in [7, 11) is 0. The Morgan fingerprint density at radius 3 is 2.11 bits per heavy atom. The molecule has 174 valence electrons. The van der Waals surface area contributed by atoms with Gasteiger partial charge < -0.3 is 0 Å². The molecule has 2 unspecified atom stereocenters. The largest absolute Gasteiger partial charge is 0.292 e. The summed E-state index contributed by atoms with van der Waals surface area (Å²) >= 11 is 1.53. The Labute approximate surface area is 215 Å². The van der Waals surface area contributed by atoms with E-state index in [1.54, 1.807) is 18.3 Å². The predicted octanol–water partition coefficient (Wildman–Crippen LogP) is 7.55. The second-order valence-electron chi connectivity index (χ2n) is 8.64. The van der Waals surface area contributed by atoms with Crippen molar-refractivity contribution in [3.05, 3.63) is 144 Å². The van der Waals surface area contributed by atoms with Gasteiger partial charge in [0.05, 0.1) is 17.7 Å². The zero-order valence-electron chi connectivity index (χ0n) is 19.6. The van der Waals surface area contributed by atoms with Crippen molar-refractivity contribution in [3.63, 3.8) is 0 Å². The van der Waals surface area contributed by atoms with Gasteiger partial charge in [-0.2, -0.15) is 5.26 Å². The minimum absolute atomic E-state index is 0.197. The molecule has 4 heteroatoms. The quantitative estimate of drug-likeness (QED) is 0.168. The number of Topliss-reactive ketones (excluding diaryl/α,β-unsaturated/α-hetero) is 1. The first kappa shape index (κ1) is 23.5. The van der Waals surface area contributed by atoms with Crippen LogP contribution in [0.1, 0.15) is 27.5 Å². The summed E-state index contributed by atoms with van der Waals surface area (Å²) < 4.78 is 0. The van der Waals surface area contributed by atoms with Crippen LogP contribution in [-0.2, 0) is 0 Å². The monoisotopic (exact) mass is 484 g/mol. The standard InChI is InChI=1S/C32H24N2OS/c33-22-32(23-36-27-17-8-3-9-18-27,31(35)26-15-6-2-7-16-26)29(25-13-4-1-5-14-25)30-28-19-11-10-12-24(28)20-21-34-30/h1-21,29H,23H2. The molecule has 5 rings (SSSR count). The molecule has 0 aliphatic carbocycles. The number of nitriles is 1. The number of thioether (sulfide) groups is 1. The van der Waals surface area contributed by atoms with E-state index in [2.05, 4.69) is 6.07 Å². The Morgan fingerprint density at radius 1 is 0.806 bits per heavy atom. The molecular formula is C32H24N2OS. The van der Waals surface area contributed by atoms with Gasteiger partial charge in [0.1, 0.15) is 5.41 Å². The summed E-state index contributed by atoms with van der Waals surface area (Å²) in [5, 5.41) is 12.9. The molecule has 0 fully saturated rings. The van der Waals surface area contributed by atoms with Crippen LogP contribution in [0.15, 0.2) is 132 Å². The van der Waals surface area contributed by atoms with Crippen molar-refractivity contribution in [2.45, 2.75) is 10.8 Å². The topological polar surface area (TPSA) is 53.8 Å². The van der Waals surface area contributed by atoms with Gasteiger partial charge in [0.2, 0.25) is 0 Å². The van der Waals surface area contributed by atoms with Crippen LogP contribution in [0.25, 0.3) is 10.8 Å². The third-order valence-corrected chi connectivity index (χ3v) is 7.66. The first-order valence-corrected chi connectivity index (χ1v) is 12.8. The molecule has 0 aliphatic rings. The highest BCUT2D eigenvalue weighted by atomic mass is 32.2. The number of fused-ring (bicyclic) bond motifs is 1. The number of nitrogens with zero attached hydrogens (tertiary/aromatic N) is 2. The van der Waals surface area contributed by atoms with Gasteiger partial charge in [-0.05, 0) is 29.1 Å². The average molecular weight is 485 g/mol. The normalized spacial score (nSPS) is 13.4. The molecule has 0 radical (unpaired) electrons. The minimum Gasteiger partial charge on any atom is -0.292 e. The summed E-state index contributed by atoms with van der Waals surface area (Å²) in [6.45, 7) is 0.